The fourth-order valence-corrected chi connectivity index (χ4v) is 4.05. The van der Waals surface area contributed by atoms with Crippen LogP contribution in [-0.2, 0) is 16.6 Å². The summed E-state index contributed by atoms with van der Waals surface area (Å²) in [6, 6.07) is 25.0. The number of Topliss-reactive ketones (excluding diaryl/α,β-unsaturated/α-hetero) is 1. The molecule has 6 heteroatoms. The van der Waals surface area contributed by atoms with Crippen LogP contribution in [0.2, 0.25) is 0 Å². The standard InChI is InChI=1S/C27H28F3NO2/c1-20(31(2)3)19-26(22-10-6-4-7-11-22,23-12-8-5-9-13-23)25(32)18-21-14-16-24(17-15-21)33-27(28,29)30/h4-17,20H,18-19H2,1-3H3/t20-/m0/s1. The zero-order valence-corrected chi connectivity index (χ0v) is 19.0. The van der Waals surface area contributed by atoms with Gasteiger partial charge in [0.2, 0.25) is 0 Å². The number of halogens is 3. The molecule has 0 aliphatic carbocycles. The molecule has 174 valence electrons. The zero-order chi connectivity index (χ0) is 24.1. The van der Waals surface area contributed by atoms with Gasteiger partial charge in [0.05, 0.1) is 5.41 Å². The van der Waals surface area contributed by atoms with Crippen molar-refractivity contribution < 1.29 is 22.7 Å². The van der Waals surface area contributed by atoms with Gasteiger partial charge in [0, 0.05) is 12.5 Å². The van der Waals surface area contributed by atoms with Crippen molar-refractivity contribution in [2.75, 3.05) is 14.1 Å². The molecule has 33 heavy (non-hydrogen) atoms. The molecule has 0 fully saturated rings. The van der Waals surface area contributed by atoms with Crippen LogP contribution in [0.3, 0.4) is 0 Å². The number of nitrogens with zero attached hydrogens (tertiary/aromatic N) is 1. The van der Waals surface area contributed by atoms with E-state index in [-0.39, 0.29) is 24.0 Å². The van der Waals surface area contributed by atoms with Crippen LogP contribution in [-0.4, -0.2) is 37.2 Å². The first kappa shape index (κ1) is 24.5. The molecule has 3 rings (SSSR count). The first-order chi connectivity index (χ1) is 15.6. The maximum Gasteiger partial charge on any atom is 0.573 e. The van der Waals surface area contributed by atoms with Crippen molar-refractivity contribution in [2.45, 2.75) is 37.6 Å². The molecular weight excluding hydrogens is 427 g/mol. The summed E-state index contributed by atoms with van der Waals surface area (Å²) < 4.78 is 41.4. The minimum absolute atomic E-state index is 0.0157. The first-order valence-corrected chi connectivity index (χ1v) is 10.8. The first-order valence-electron chi connectivity index (χ1n) is 10.8. The summed E-state index contributed by atoms with van der Waals surface area (Å²) in [6.45, 7) is 2.08. The predicted molar refractivity (Wildman–Crippen MR) is 123 cm³/mol. The summed E-state index contributed by atoms with van der Waals surface area (Å²) >= 11 is 0. The Kier molecular flexibility index (Phi) is 7.59. The summed E-state index contributed by atoms with van der Waals surface area (Å²) in [4.78, 5) is 16.2. The van der Waals surface area contributed by atoms with Crippen molar-refractivity contribution >= 4 is 5.78 Å². The van der Waals surface area contributed by atoms with Gasteiger partial charge < -0.3 is 9.64 Å². The Morgan fingerprint density at radius 2 is 1.33 bits per heavy atom. The van der Waals surface area contributed by atoms with E-state index in [1.807, 2.05) is 74.8 Å². The topological polar surface area (TPSA) is 29.5 Å². The molecule has 0 aromatic heterocycles. The second-order valence-electron chi connectivity index (χ2n) is 8.45. The molecule has 0 radical (unpaired) electrons. The lowest BCUT2D eigenvalue weighted by Gasteiger charge is -2.38. The van der Waals surface area contributed by atoms with Crippen LogP contribution in [0.1, 0.15) is 30.0 Å². The molecule has 0 saturated carbocycles. The van der Waals surface area contributed by atoms with Crippen LogP contribution in [0, 0.1) is 0 Å². The highest BCUT2D eigenvalue weighted by molar-refractivity contribution is 5.95. The summed E-state index contributed by atoms with van der Waals surface area (Å²) in [5, 5.41) is 0. The molecule has 0 spiro atoms. The van der Waals surface area contributed by atoms with E-state index < -0.39 is 11.8 Å². The summed E-state index contributed by atoms with van der Waals surface area (Å²) in [5.41, 5.74) is 1.51. The van der Waals surface area contributed by atoms with Crippen LogP contribution < -0.4 is 4.74 Å². The maximum atomic E-state index is 14.1. The Labute approximate surface area is 192 Å². The van der Waals surface area contributed by atoms with Gasteiger partial charge in [-0.05, 0) is 56.3 Å². The number of benzene rings is 3. The van der Waals surface area contributed by atoms with E-state index in [2.05, 4.69) is 16.6 Å². The number of ketones is 1. The van der Waals surface area contributed by atoms with E-state index in [1.165, 1.54) is 24.3 Å². The molecule has 0 N–H and O–H groups in total. The fourth-order valence-electron chi connectivity index (χ4n) is 4.05. The number of ether oxygens (including phenoxy) is 1. The van der Waals surface area contributed by atoms with Crippen LogP contribution in [0.5, 0.6) is 5.75 Å². The third kappa shape index (κ3) is 6.02. The van der Waals surface area contributed by atoms with Gasteiger partial charge in [-0.3, -0.25) is 4.79 Å². The van der Waals surface area contributed by atoms with Gasteiger partial charge in [-0.25, -0.2) is 0 Å². The average Bonchev–Trinajstić information content (AvgIpc) is 2.78. The Bertz CT molecular complexity index is 993. The minimum atomic E-state index is -4.75. The fraction of sp³-hybridized carbons (Fsp3) is 0.296. The Balaban J connectivity index is 2.04. The third-order valence-corrected chi connectivity index (χ3v) is 6.01. The quantitative estimate of drug-likeness (QED) is 0.395. The Morgan fingerprint density at radius 3 is 1.76 bits per heavy atom. The highest BCUT2D eigenvalue weighted by Gasteiger charge is 2.42. The van der Waals surface area contributed by atoms with Crippen molar-refractivity contribution in [3.8, 4) is 5.75 Å². The molecule has 3 nitrogen and oxygen atoms in total. The summed E-state index contributed by atoms with van der Waals surface area (Å²) in [7, 11) is 3.96. The van der Waals surface area contributed by atoms with Crippen molar-refractivity contribution in [2.24, 2.45) is 0 Å². The second-order valence-corrected chi connectivity index (χ2v) is 8.45. The van der Waals surface area contributed by atoms with Crippen LogP contribution >= 0.6 is 0 Å². The number of alkyl halides is 3. The van der Waals surface area contributed by atoms with Crippen molar-refractivity contribution in [3.63, 3.8) is 0 Å². The average molecular weight is 456 g/mol. The number of carbonyl (C=O) groups excluding carboxylic acids is 1. The molecule has 0 aliphatic heterocycles. The number of hydrogen-bond acceptors (Lipinski definition) is 3. The number of hydrogen-bond donors (Lipinski definition) is 0. The van der Waals surface area contributed by atoms with E-state index in [0.717, 1.165) is 11.1 Å². The molecule has 3 aromatic carbocycles. The lowest BCUT2D eigenvalue weighted by Crippen LogP contribution is -2.44. The molecule has 0 saturated heterocycles. The monoisotopic (exact) mass is 455 g/mol. The Morgan fingerprint density at radius 1 is 0.848 bits per heavy atom. The summed E-state index contributed by atoms with van der Waals surface area (Å²) in [6.07, 6.45) is -4.12. The molecule has 0 aliphatic rings. The van der Waals surface area contributed by atoms with E-state index in [1.54, 1.807) is 0 Å². The predicted octanol–water partition coefficient (Wildman–Crippen LogP) is 6.02. The van der Waals surface area contributed by atoms with Gasteiger partial charge in [-0.1, -0.05) is 72.8 Å². The lowest BCUT2D eigenvalue weighted by molar-refractivity contribution is -0.274. The van der Waals surface area contributed by atoms with Gasteiger partial charge >= 0.3 is 6.36 Å². The van der Waals surface area contributed by atoms with E-state index in [0.29, 0.717) is 12.0 Å². The van der Waals surface area contributed by atoms with Crippen molar-refractivity contribution in [1.29, 1.82) is 0 Å². The van der Waals surface area contributed by atoms with Crippen LogP contribution in [0.25, 0.3) is 0 Å². The molecule has 0 unspecified atom stereocenters. The SMILES string of the molecule is C[C@@H](CC(C(=O)Cc1ccc(OC(F)(F)F)cc1)(c1ccccc1)c1ccccc1)N(C)C. The smallest absolute Gasteiger partial charge is 0.406 e. The van der Waals surface area contributed by atoms with Crippen LogP contribution in [0.4, 0.5) is 13.2 Å². The summed E-state index contributed by atoms with van der Waals surface area (Å²) in [5.74, 6) is -0.324. The van der Waals surface area contributed by atoms with Gasteiger partial charge in [0.15, 0.2) is 5.78 Å². The van der Waals surface area contributed by atoms with Gasteiger partial charge in [0.25, 0.3) is 0 Å². The second kappa shape index (κ2) is 10.2. The van der Waals surface area contributed by atoms with Gasteiger partial charge in [0.1, 0.15) is 5.75 Å². The zero-order valence-electron chi connectivity index (χ0n) is 19.0. The van der Waals surface area contributed by atoms with Crippen molar-refractivity contribution in [1.82, 2.24) is 4.90 Å². The Hall–Kier alpha value is -3.12. The number of rotatable bonds is 9. The van der Waals surface area contributed by atoms with E-state index in [4.69, 9.17) is 0 Å². The highest BCUT2D eigenvalue weighted by atomic mass is 19.4. The van der Waals surface area contributed by atoms with Gasteiger partial charge in [-0.15, -0.1) is 13.2 Å². The van der Waals surface area contributed by atoms with Gasteiger partial charge in [-0.2, -0.15) is 0 Å². The maximum absolute atomic E-state index is 14.1. The third-order valence-electron chi connectivity index (χ3n) is 6.01. The molecular formula is C27H28F3NO2. The van der Waals surface area contributed by atoms with E-state index in [9.17, 15) is 18.0 Å². The number of carbonyl (C=O) groups is 1. The van der Waals surface area contributed by atoms with Crippen molar-refractivity contribution in [3.05, 3.63) is 102 Å². The molecule has 0 amide bonds. The molecule has 3 aromatic rings. The normalized spacial score (nSPS) is 13.1. The molecule has 0 bridgehead atoms. The molecule has 1 atom stereocenters. The lowest BCUT2D eigenvalue weighted by atomic mass is 9.66. The van der Waals surface area contributed by atoms with E-state index >= 15 is 0 Å². The molecule has 0 heterocycles. The largest absolute Gasteiger partial charge is 0.573 e. The minimum Gasteiger partial charge on any atom is -0.406 e. The highest BCUT2D eigenvalue weighted by Crippen LogP contribution is 2.39. The van der Waals surface area contributed by atoms with Crippen LogP contribution in [0.15, 0.2) is 84.9 Å².